The van der Waals surface area contributed by atoms with Crippen LogP contribution in [0.25, 0.3) is 0 Å². The fourth-order valence-corrected chi connectivity index (χ4v) is 3.01. The standard InChI is InChI=1S/C17H18N4O6S/c1-20(2)28(26,27)15-9-3-12(4-10-15)11-18-16(22)17(23)19-13-5-7-14(8-6-13)21(24)25/h3-10H,11H2,1-2H3,(H,18,22)(H,19,23). The van der Waals surface area contributed by atoms with Crippen molar-refractivity contribution in [3.63, 3.8) is 0 Å². The van der Waals surface area contributed by atoms with Crippen molar-refractivity contribution in [2.45, 2.75) is 11.4 Å². The summed E-state index contributed by atoms with van der Waals surface area (Å²) in [5, 5.41) is 15.3. The van der Waals surface area contributed by atoms with Crippen molar-refractivity contribution >= 4 is 33.2 Å². The van der Waals surface area contributed by atoms with Crippen LogP contribution in [-0.2, 0) is 26.2 Å². The maximum Gasteiger partial charge on any atom is 0.313 e. The fraction of sp³-hybridized carbons (Fsp3) is 0.176. The molecular weight excluding hydrogens is 388 g/mol. The number of nitro groups is 1. The topological polar surface area (TPSA) is 139 Å². The number of sulfonamides is 1. The second-order valence-corrected chi connectivity index (χ2v) is 8.02. The van der Waals surface area contributed by atoms with E-state index in [9.17, 15) is 28.1 Å². The molecule has 2 amide bonds. The summed E-state index contributed by atoms with van der Waals surface area (Å²) in [6, 6.07) is 10.9. The molecule has 0 atom stereocenters. The second kappa shape index (κ2) is 8.59. The van der Waals surface area contributed by atoms with Crippen LogP contribution in [0.1, 0.15) is 5.56 Å². The van der Waals surface area contributed by atoms with E-state index in [4.69, 9.17) is 0 Å². The molecule has 2 aromatic rings. The molecule has 0 unspecified atom stereocenters. The third kappa shape index (κ3) is 5.11. The summed E-state index contributed by atoms with van der Waals surface area (Å²) in [5.41, 5.74) is 0.709. The lowest BCUT2D eigenvalue weighted by atomic mass is 10.2. The molecule has 0 radical (unpaired) electrons. The number of rotatable bonds is 6. The number of carbonyl (C=O) groups is 2. The first-order valence-electron chi connectivity index (χ1n) is 7.96. The minimum atomic E-state index is -3.54. The van der Waals surface area contributed by atoms with Gasteiger partial charge in [-0.3, -0.25) is 19.7 Å². The molecule has 0 aromatic heterocycles. The van der Waals surface area contributed by atoms with Crippen LogP contribution in [0.5, 0.6) is 0 Å². The first kappa shape index (κ1) is 21.0. The van der Waals surface area contributed by atoms with Crippen LogP contribution < -0.4 is 10.6 Å². The van der Waals surface area contributed by atoms with Gasteiger partial charge in [0.15, 0.2) is 0 Å². The van der Waals surface area contributed by atoms with Gasteiger partial charge in [0.2, 0.25) is 10.0 Å². The van der Waals surface area contributed by atoms with Crippen LogP contribution in [0.4, 0.5) is 11.4 Å². The van der Waals surface area contributed by atoms with Gasteiger partial charge in [-0.2, -0.15) is 0 Å². The van der Waals surface area contributed by atoms with Crippen molar-refractivity contribution in [2.24, 2.45) is 0 Å². The van der Waals surface area contributed by atoms with Gasteiger partial charge in [-0.1, -0.05) is 12.1 Å². The molecule has 2 N–H and O–H groups in total. The molecule has 2 rings (SSSR count). The Morgan fingerprint density at radius 2 is 1.57 bits per heavy atom. The lowest BCUT2D eigenvalue weighted by Gasteiger charge is -2.12. The summed E-state index contributed by atoms with van der Waals surface area (Å²) in [6.45, 7) is 0.0226. The van der Waals surface area contributed by atoms with Gasteiger partial charge >= 0.3 is 11.8 Å². The van der Waals surface area contributed by atoms with E-state index in [1.807, 2.05) is 0 Å². The summed E-state index contributed by atoms with van der Waals surface area (Å²) in [4.78, 5) is 33.9. The lowest BCUT2D eigenvalue weighted by Crippen LogP contribution is -2.34. The van der Waals surface area contributed by atoms with Crippen molar-refractivity contribution in [3.05, 3.63) is 64.2 Å². The molecule has 11 heteroatoms. The zero-order valence-electron chi connectivity index (χ0n) is 15.1. The molecule has 0 aliphatic rings. The Kier molecular flexibility index (Phi) is 6.44. The molecule has 0 spiro atoms. The summed E-state index contributed by atoms with van der Waals surface area (Å²) in [5.74, 6) is -1.83. The molecule has 2 aromatic carbocycles. The molecule has 28 heavy (non-hydrogen) atoms. The van der Waals surface area contributed by atoms with Gasteiger partial charge in [0.25, 0.3) is 5.69 Å². The fourth-order valence-electron chi connectivity index (χ4n) is 2.11. The summed E-state index contributed by atoms with van der Waals surface area (Å²) >= 11 is 0. The maximum atomic E-state index is 12.0. The Bertz CT molecular complexity index is 985. The minimum absolute atomic E-state index is 0.0226. The normalized spacial score (nSPS) is 11.1. The van der Waals surface area contributed by atoms with Gasteiger partial charge in [-0.05, 0) is 29.8 Å². The lowest BCUT2D eigenvalue weighted by molar-refractivity contribution is -0.384. The van der Waals surface area contributed by atoms with E-state index in [0.717, 1.165) is 4.31 Å². The van der Waals surface area contributed by atoms with Gasteiger partial charge in [0.1, 0.15) is 0 Å². The van der Waals surface area contributed by atoms with Gasteiger partial charge < -0.3 is 10.6 Å². The number of benzene rings is 2. The van der Waals surface area contributed by atoms with Crippen LogP contribution in [0.15, 0.2) is 53.4 Å². The predicted octanol–water partition coefficient (Wildman–Crippen LogP) is 1.10. The van der Waals surface area contributed by atoms with Crippen molar-refractivity contribution in [1.82, 2.24) is 9.62 Å². The third-order valence-corrected chi connectivity index (χ3v) is 5.53. The van der Waals surface area contributed by atoms with Gasteiger partial charge in [-0.25, -0.2) is 12.7 Å². The number of nitrogens with one attached hydrogen (secondary N) is 2. The largest absolute Gasteiger partial charge is 0.344 e. The Hall–Kier alpha value is -3.31. The van der Waals surface area contributed by atoms with Gasteiger partial charge in [0, 0.05) is 38.5 Å². The van der Waals surface area contributed by atoms with Gasteiger partial charge in [-0.15, -0.1) is 0 Å². The highest BCUT2D eigenvalue weighted by Crippen LogP contribution is 2.16. The van der Waals surface area contributed by atoms with Crippen molar-refractivity contribution in [3.8, 4) is 0 Å². The molecule has 0 fully saturated rings. The quantitative estimate of drug-likeness (QED) is 0.418. The first-order valence-corrected chi connectivity index (χ1v) is 9.40. The van der Waals surface area contributed by atoms with Crippen LogP contribution in [0, 0.1) is 10.1 Å². The third-order valence-electron chi connectivity index (χ3n) is 3.70. The highest BCUT2D eigenvalue weighted by Gasteiger charge is 2.17. The highest BCUT2D eigenvalue weighted by atomic mass is 32.2. The average molecular weight is 406 g/mol. The number of non-ortho nitro benzene ring substituents is 1. The molecule has 148 valence electrons. The number of hydrogen-bond acceptors (Lipinski definition) is 6. The van der Waals surface area contributed by atoms with E-state index in [2.05, 4.69) is 10.6 Å². The van der Waals surface area contributed by atoms with Crippen molar-refractivity contribution in [2.75, 3.05) is 19.4 Å². The maximum absolute atomic E-state index is 12.0. The molecule has 0 saturated carbocycles. The summed E-state index contributed by atoms with van der Waals surface area (Å²) in [6.07, 6.45) is 0. The van der Waals surface area contributed by atoms with Crippen molar-refractivity contribution in [1.29, 1.82) is 0 Å². The van der Waals surface area contributed by atoms with E-state index < -0.39 is 26.8 Å². The van der Waals surface area contributed by atoms with Crippen molar-refractivity contribution < 1.29 is 22.9 Å². The Morgan fingerprint density at radius 1 is 1.00 bits per heavy atom. The highest BCUT2D eigenvalue weighted by molar-refractivity contribution is 7.89. The molecule has 0 heterocycles. The minimum Gasteiger partial charge on any atom is -0.344 e. The van der Waals surface area contributed by atoms with E-state index >= 15 is 0 Å². The molecule has 10 nitrogen and oxygen atoms in total. The molecule has 0 bridgehead atoms. The number of anilines is 1. The van der Waals surface area contributed by atoms with Crippen LogP contribution in [0.2, 0.25) is 0 Å². The Labute approximate surface area is 161 Å². The predicted molar refractivity (Wildman–Crippen MR) is 101 cm³/mol. The van der Waals surface area contributed by atoms with E-state index in [1.165, 1.54) is 62.6 Å². The van der Waals surface area contributed by atoms with Crippen LogP contribution in [0.3, 0.4) is 0 Å². The van der Waals surface area contributed by atoms with Crippen LogP contribution in [-0.4, -0.2) is 43.6 Å². The summed E-state index contributed by atoms with van der Waals surface area (Å²) in [7, 11) is -0.694. The van der Waals surface area contributed by atoms with Crippen LogP contribution >= 0.6 is 0 Å². The number of carbonyl (C=O) groups excluding carboxylic acids is 2. The number of hydrogen-bond donors (Lipinski definition) is 2. The Morgan fingerprint density at radius 3 is 2.07 bits per heavy atom. The SMILES string of the molecule is CN(C)S(=O)(=O)c1ccc(CNC(=O)C(=O)Nc2ccc([N+](=O)[O-])cc2)cc1. The van der Waals surface area contributed by atoms with E-state index in [0.29, 0.717) is 5.56 Å². The Balaban J connectivity index is 1.92. The summed E-state index contributed by atoms with van der Waals surface area (Å²) < 4.78 is 25.1. The molecule has 0 aliphatic carbocycles. The number of nitrogens with zero attached hydrogens (tertiary/aromatic N) is 2. The zero-order valence-corrected chi connectivity index (χ0v) is 15.9. The molecular formula is C17H18N4O6S. The average Bonchev–Trinajstić information content (AvgIpc) is 2.66. The zero-order chi connectivity index (χ0) is 20.9. The van der Waals surface area contributed by atoms with E-state index in [-0.39, 0.29) is 22.8 Å². The van der Waals surface area contributed by atoms with E-state index in [1.54, 1.807) is 0 Å². The molecule has 0 aliphatic heterocycles. The number of nitro benzene ring substituents is 1. The molecule has 0 saturated heterocycles. The second-order valence-electron chi connectivity index (χ2n) is 5.87. The smallest absolute Gasteiger partial charge is 0.313 e. The first-order chi connectivity index (χ1) is 13.1. The monoisotopic (exact) mass is 406 g/mol. The van der Waals surface area contributed by atoms with Gasteiger partial charge in [0.05, 0.1) is 9.82 Å². The number of amides is 2.